The van der Waals surface area contributed by atoms with E-state index in [2.05, 4.69) is 5.32 Å². The van der Waals surface area contributed by atoms with Crippen LogP contribution in [0.3, 0.4) is 0 Å². The summed E-state index contributed by atoms with van der Waals surface area (Å²) >= 11 is 0. The number of aryl methyl sites for hydroxylation is 1. The van der Waals surface area contributed by atoms with Crippen molar-refractivity contribution in [3.63, 3.8) is 0 Å². The molecule has 1 saturated heterocycles. The molecule has 170 valence electrons. The van der Waals surface area contributed by atoms with Crippen LogP contribution in [0.2, 0.25) is 0 Å². The monoisotopic (exact) mass is 438 g/mol. The molecule has 0 saturated carbocycles. The molecular weight excluding hydrogens is 408 g/mol. The van der Waals surface area contributed by atoms with Crippen LogP contribution >= 0.6 is 0 Å². The molecule has 2 amide bonds. The van der Waals surface area contributed by atoms with E-state index in [4.69, 9.17) is 9.47 Å². The molecule has 0 aromatic heterocycles. The van der Waals surface area contributed by atoms with Crippen LogP contribution in [0.25, 0.3) is 0 Å². The second-order valence-corrected chi connectivity index (χ2v) is 8.19. The minimum absolute atomic E-state index is 0.0620. The number of carbonyl (C=O) groups excluding carboxylic acids is 3. The van der Waals surface area contributed by atoms with Gasteiger partial charge in [-0.05, 0) is 45.4 Å². The molecule has 0 aliphatic carbocycles. The first-order valence-corrected chi connectivity index (χ1v) is 10.8. The number of carbonyl (C=O) groups is 3. The van der Waals surface area contributed by atoms with Gasteiger partial charge in [0.25, 0.3) is 0 Å². The van der Waals surface area contributed by atoms with Gasteiger partial charge in [-0.2, -0.15) is 0 Å². The molecule has 2 atom stereocenters. The molecule has 2 aromatic carbocycles. The standard InChI is InChI=1S/C25H30N2O5/c1-16(2)32-23(29)15-26-25(30)20-13-14-22(28)27(18-11-9-17(3)10-12-18)24(20)19-7-5-6-8-21(19)31-4/h5-12,16,20,24H,13-15H2,1-4H3,(H,26,30). The normalized spacial score (nSPS) is 18.4. The molecule has 0 bridgehead atoms. The number of hydrogen-bond donors (Lipinski definition) is 1. The molecule has 7 heteroatoms. The van der Waals surface area contributed by atoms with E-state index < -0.39 is 17.9 Å². The first kappa shape index (κ1) is 23.3. The van der Waals surface area contributed by atoms with Gasteiger partial charge in [-0.15, -0.1) is 0 Å². The summed E-state index contributed by atoms with van der Waals surface area (Å²) in [7, 11) is 1.57. The minimum atomic E-state index is -0.573. The Morgan fingerprint density at radius 2 is 1.81 bits per heavy atom. The van der Waals surface area contributed by atoms with Crippen LogP contribution in [-0.2, 0) is 19.1 Å². The molecule has 1 N–H and O–H groups in total. The number of piperidine rings is 1. The van der Waals surface area contributed by atoms with Gasteiger partial charge < -0.3 is 19.7 Å². The first-order valence-electron chi connectivity index (χ1n) is 10.8. The van der Waals surface area contributed by atoms with E-state index >= 15 is 0 Å². The average Bonchev–Trinajstić information content (AvgIpc) is 2.77. The van der Waals surface area contributed by atoms with Gasteiger partial charge in [0, 0.05) is 17.7 Å². The van der Waals surface area contributed by atoms with Gasteiger partial charge in [0.1, 0.15) is 12.3 Å². The van der Waals surface area contributed by atoms with Gasteiger partial charge >= 0.3 is 5.97 Å². The molecule has 2 unspecified atom stereocenters. The topological polar surface area (TPSA) is 84.9 Å². The second-order valence-electron chi connectivity index (χ2n) is 8.19. The highest BCUT2D eigenvalue weighted by molar-refractivity contribution is 5.98. The fraction of sp³-hybridized carbons (Fsp3) is 0.400. The quantitative estimate of drug-likeness (QED) is 0.668. The summed E-state index contributed by atoms with van der Waals surface area (Å²) in [4.78, 5) is 39.9. The molecule has 1 fully saturated rings. The van der Waals surface area contributed by atoms with Crippen molar-refractivity contribution in [1.82, 2.24) is 5.32 Å². The third kappa shape index (κ3) is 5.28. The fourth-order valence-electron chi connectivity index (χ4n) is 4.04. The van der Waals surface area contributed by atoms with E-state index in [9.17, 15) is 14.4 Å². The summed E-state index contributed by atoms with van der Waals surface area (Å²) in [6.45, 7) is 5.27. The van der Waals surface area contributed by atoms with Gasteiger partial charge in [-0.3, -0.25) is 14.4 Å². The lowest BCUT2D eigenvalue weighted by Crippen LogP contribution is -2.49. The molecule has 0 radical (unpaired) electrons. The predicted octanol–water partition coefficient (Wildman–Crippen LogP) is 3.56. The van der Waals surface area contributed by atoms with Crippen molar-refractivity contribution in [2.24, 2.45) is 5.92 Å². The molecule has 3 rings (SSSR count). The fourth-order valence-corrected chi connectivity index (χ4v) is 4.04. The van der Waals surface area contributed by atoms with Crippen LogP contribution in [0.1, 0.15) is 43.9 Å². The largest absolute Gasteiger partial charge is 0.496 e. The number of rotatable bonds is 7. The van der Waals surface area contributed by atoms with Crippen molar-refractivity contribution >= 4 is 23.5 Å². The van der Waals surface area contributed by atoms with Crippen molar-refractivity contribution in [3.8, 4) is 5.75 Å². The highest BCUT2D eigenvalue weighted by Crippen LogP contribution is 2.43. The lowest BCUT2D eigenvalue weighted by atomic mass is 9.82. The highest BCUT2D eigenvalue weighted by Gasteiger charge is 2.42. The molecular formula is C25H30N2O5. The molecule has 1 aliphatic rings. The number of ether oxygens (including phenoxy) is 2. The van der Waals surface area contributed by atoms with Crippen LogP contribution in [0.4, 0.5) is 5.69 Å². The van der Waals surface area contributed by atoms with Crippen LogP contribution in [0.5, 0.6) is 5.75 Å². The van der Waals surface area contributed by atoms with Crippen LogP contribution in [0, 0.1) is 12.8 Å². The molecule has 2 aromatic rings. The Balaban J connectivity index is 1.97. The first-order chi connectivity index (χ1) is 15.3. The number of esters is 1. The third-order valence-electron chi connectivity index (χ3n) is 5.48. The van der Waals surface area contributed by atoms with Gasteiger partial charge in [-0.1, -0.05) is 35.9 Å². The summed E-state index contributed by atoms with van der Waals surface area (Å²) in [6, 6.07) is 14.5. The Labute approximate surface area is 188 Å². The Kier molecular flexibility index (Phi) is 7.51. The van der Waals surface area contributed by atoms with E-state index in [-0.39, 0.29) is 30.9 Å². The zero-order chi connectivity index (χ0) is 23.3. The zero-order valence-corrected chi connectivity index (χ0v) is 19.0. The van der Waals surface area contributed by atoms with Crippen molar-refractivity contribution in [2.75, 3.05) is 18.6 Å². The number of amides is 2. The average molecular weight is 439 g/mol. The Morgan fingerprint density at radius 1 is 1.12 bits per heavy atom. The molecule has 32 heavy (non-hydrogen) atoms. The highest BCUT2D eigenvalue weighted by atomic mass is 16.5. The maximum absolute atomic E-state index is 13.2. The predicted molar refractivity (Wildman–Crippen MR) is 121 cm³/mol. The lowest BCUT2D eigenvalue weighted by molar-refractivity contribution is -0.148. The summed E-state index contributed by atoms with van der Waals surface area (Å²) in [5.41, 5.74) is 2.53. The maximum Gasteiger partial charge on any atom is 0.325 e. The summed E-state index contributed by atoms with van der Waals surface area (Å²) in [6.07, 6.45) is 0.341. The Hall–Kier alpha value is -3.35. The van der Waals surface area contributed by atoms with E-state index in [1.54, 1.807) is 25.9 Å². The van der Waals surface area contributed by atoms with Crippen LogP contribution < -0.4 is 15.0 Å². The minimum Gasteiger partial charge on any atom is -0.496 e. The van der Waals surface area contributed by atoms with Gasteiger partial charge in [0.05, 0.1) is 25.2 Å². The zero-order valence-electron chi connectivity index (χ0n) is 19.0. The summed E-state index contributed by atoms with van der Waals surface area (Å²) < 4.78 is 10.7. The third-order valence-corrected chi connectivity index (χ3v) is 5.48. The maximum atomic E-state index is 13.2. The Bertz CT molecular complexity index is 971. The second kappa shape index (κ2) is 10.3. The van der Waals surface area contributed by atoms with Gasteiger partial charge in [-0.25, -0.2) is 0 Å². The van der Waals surface area contributed by atoms with E-state index in [0.29, 0.717) is 17.9 Å². The van der Waals surface area contributed by atoms with E-state index in [1.807, 2.05) is 55.5 Å². The Morgan fingerprint density at radius 3 is 2.47 bits per heavy atom. The number of methoxy groups -OCH3 is 1. The number of anilines is 1. The van der Waals surface area contributed by atoms with E-state index in [1.165, 1.54) is 0 Å². The lowest BCUT2D eigenvalue weighted by Gasteiger charge is -2.41. The van der Waals surface area contributed by atoms with Crippen LogP contribution in [-0.4, -0.2) is 37.5 Å². The van der Waals surface area contributed by atoms with Gasteiger partial charge in [0.2, 0.25) is 11.8 Å². The van der Waals surface area contributed by atoms with Crippen molar-refractivity contribution < 1.29 is 23.9 Å². The number of nitrogens with zero attached hydrogens (tertiary/aromatic N) is 1. The van der Waals surface area contributed by atoms with Crippen molar-refractivity contribution in [3.05, 3.63) is 59.7 Å². The molecule has 1 heterocycles. The van der Waals surface area contributed by atoms with E-state index in [0.717, 1.165) is 11.1 Å². The SMILES string of the molecule is COc1ccccc1C1C(C(=O)NCC(=O)OC(C)C)CCC(=O)N1c1ccc(C)cc1. The smallest absolute Gasteiger partial charge is 0.325 e. The van der Waals surface area contributed by atoms with Gasteiger partial charge in [0.15, 0.2) is 0 Å². The van der Waals surface area contributed by atoms with Crippen molar-refractivity contribution in [1.29, 1.82) is 0 Å². The summed E-state index contributed by atoms with van der Waals surface area (Å²) in [5, 5.41) is 2.70. The van der Waals surface area contributed by atoms with Crippen LogP contribution in [0.15, 0.2) is 48.5 Å². The molecule has 7 nitrogen and oxygen atoms in total. The number of nitrogens with one attached hydrogen (secondary N) is 1. The number of para-hydroxylation sites is 1. The number of hydrogen-bond acceptors (Lipinski definition) is 5. The molecule has 0 spiro atoms. The molecule has 1 aliphatic heterocycles. The van der Waals surface area contributed by atoms with Crippen molar-refractivity contribution in [2.45, 2.75) is 45.8 Å². The summed E-state index contributed by atoms with van der Waals surface area (Å²) in [5.74, 6) is -0.817. The number of benzene rings is 2.